The molecule has 0 aliphatic carbocycles. The molecule has 0 radical (unpaired) electrons. The number of nitrogens with one attached hydrogen (secondary N) is 1. The zero-order valence-electron chi connectivity index (χ0n) is 8.70. The number of halogens is 2. The molecule has 0 bridgehead atoms. The quantitative estimate of drug-likeness (QED) is 0.392. The molecule has 0 aromatic rings. The summed E-state index contributed by atoms with van der Waals surface area (Å²) in [5.74, 6) is -5.51. The summed E-state index contributed by atoms with van der Waals surface area (Å²) in [6.07, 6.45) is 0. The fraction of sp³-hybridized carbons (Fsp3) is 0.750. The van der Waals surface area contributed by atoms with Gasteiger partial charge in [0.25, 0.3) is 5.92 Å². The van der Waals surface area contributed by atoms with Crippen molar-refractivity contribution in [2.45, 2.75) is 18.9 Å². The lowest BCUT2D eigenvalue weighted by Crippen LogP contribution is -2.50. The molecule has 0 spiro atoms. The normalized spacial score (nSPS) is 13.1. The Morgan fingerprint density at radius 3 is 2.56 bits per heavy atom. The number of amides is 1. The Morgan fingerprint density at radius 2 is 2.12 bits per heavy atom. The second kappa shape index (κ2) is 6.33. The summed E-state index contributed by atoms with van der Waals surface area (Å²) in [5, 5.41) is 9.95. The van der Waals surface area contributed by atoms with Gasteiger partial charge in [0.1, 0.15) is 6.61 Å². The van der Waals surface area contributed by atoms with Gasteiger partial charge in [-0.05, 0) is 6.92 Å². The molecule has 16 heavy (non-hydrogen) atoms. The number of esters is 1. The molecule has 94 valence electrons. The van der Waals surface area contributed by atoms with Gasteiger partial charge in [-0.3, -0.25) is 4.79 Å². The highest BCUT2D eigenvalue weighted by atomic mass is 19.3. The summed E-state index contributed by atoms with van der Waals surface area (Å²) in [4.78, 5) is 22.0. The van der Waals surface area contributed by atoms with Crippen LogP contribution in [0, 0.1) is 0 Å². The first-order valence-corrected chi connectivity index (χ1v) is 4.52. The van der Waals surface area contributed by atoms with Crippen LogP contribution in [0.15, 0.2) is 0 Å². The molecule has 0 heterocycles. The number of nitrogens with two attached hydrogens (primary N) is 1. The predicted molar refractivity (Wildman–Crippen MR) is 49.7 cm³/mol. The Labute approximate surface area is 90.7 Å². The smallest absolute Gasteiger partial charge is 0.332 e. The highest BCUT2D eigenvalue weighted by Gasteiger charge is 2.31. The van der Waals surface area contributed by atoms with Gasteiger partial charge in [0.15, 0.2) is 6.04 Å². The van der Waals surface area contributed by atoms with Crippen LogP contribution < -0.4 is 11.1 Å². The number of hydrogen-bond acceptors (Lipinski definition) is 5. The molecule has 4 N–H and O–H groups in total. The lowest BCUT2D eigenvalue weighted by Gasteiger charge is -2.15. The van der Waals surface area contributed by atoms with Crippen molar-refractivity contribution in [3.8, 4) is 0 Å². The zero-order chi connectivity index (χ0) is 12.8. The molecule has 0 fully saturated rings. The van der Waals surface area contributed by atoms with Gasteiger partial charge < -0.3 is 20.9 Å². The van der Waals surface area contributed by atoms with Crippen molar-refractivity contribution < 1.29 is 28.2 Å². The van der Waals surface area contributed by atoms with E-state index >= 15 is 0 Å². The molecule has 0 aromatic carbocycles. The number of rotatable bonds is 6. The number of hydrogen-bond donors (Lipinski definition) is 3. The van der Waals surface area contributed by atoms with Crippen LogP contribution in [0.2, 0.25) is 0 Å². The van der Waals surface area contributed by atoms with Gasteiger partial charge in [0.2, 0.25) is 5.91 Å². The highest BCUT2D eigenvalue weighted by Crippen LogP contribution is 2.09. The van der Waals surface area contributed by atoms with Crippen molar-refractivity contribution in [2.75, 3.05) is 19.8 Å². The monoisotopic (exact) mass is 240 g/mol. The lowest BCUT2D eigenvalue weighted by molar-refractivity contribution is -0.148. The Balaban J connectivity index is 4.11. The van der Waals surface area contributed by atoms with E-state index in [2.05, 4.69) is 4.74 Å². The average Bonchev–Trinajstić information content (AvgIpc) is 2.25. The number of alkyl halides is 2. The van der Waals surface area contributed by atoms with E-state index in [-0.39, 0.29) is 6.61 Å². The molecule has 0 aliphatic heterocycles. The largest absolute Gasteiger partial charge is 0.464 e. The van der Waals surface area contributed by atoms with Crippen LogP contribution in [0.25, 0.3) is 0 Å². The van der Waals surface area contributed by atoms with Crippen molar-refractivity contribution in [2.24, 2.45) is 5.73 Å². The first kappa shape index (κ1) is 14.7. The number of ether oxygens (including phenoxy) is 1. The van der Waals surface area contributed by atoms with E-state index in [1.54, 1.807) is 5.32 Å². The third kappa shape index (κ3) is 4.99. The van der Waals surface area contributed by atoms with Gasteiger partial charge in [-0.1, -0.05) is 0 Å². The Kier molecular flexibility index (Phi) is 5.83. The van der Waals surface area contributed by atoms with Crippen molar-refractivity contribution in [3.63, 3.8) is 0 Å². The van der Waals surface area contributed by atoms with Crippen LogP contribution in [-0.2, 0) is 14.3 Å². The molecule has 0 rings (SSSR count). The number of aliphatic hydroxyl groups is 1. The molecular formula is C8H14F2N2O4. The highest BCUT2D eigenvalue weighted by molar-refractivity contribution is 6.01. The van der Waals surface area contributed by atoms with E-state index in [1.165, 1.54) is 6.92 Å². The third-order valence-corrected chi connectivity index (χ3v) is 1.58. The van der Waals surface area contributed by atoms with E-state index in [0.717, 1.165) is 0 Å². The van der Waals surface area contributed by atoms with Gasteiger partial charge in [-0.25, -0.2) is 13.6 Å². The molecular weight excluding hydrogens is 226 g/mol. The Morgan fingerprint density at radius 1 is 1.56 bits per heavy atom. The summed E-state index contributed by atoms with van der Waals surface area (Å²) >= 11 is 0. The number of carbonyl (C=O) groups excluding carboxylic acids is 2. The Bertz CT molecular complexity index is 260. The molecule has 1 atom stereocenters. The molecule has 8 heteroatoms. The maximum absolute atomic E-state index is 12.5. The summed E-state index contributed by atoms with van der Waals surface area (Å²) in [6, 6.07) is -1.64. The maximum Gasteiger partial charge on any atom is 0.332 e. The van der Waals surface area contributed by atoms with E-state index in [4.69, 9.17) is 10.8 Å². The predicted octanol–water partition coefficient (Wildman–Crippen LogP) is -1.38. The van der Waals surface area contributed by atoms with Crippen LogP contribution in [0.1, 0.15) is 6.92 Å². The molecule has 1 amide bonds. The Hall–Kier alpha value is -1.28. The standard InChI is InChI=1S/C8H14F2N2O4/c1-2-16-7(15)5(11)6(14)12-3-8(9,10)4-13/h5,13H,2-4,11H2,1H3,(H,12,14). The summed E-state index contributed by atoms with van der Waals surface area (Å²) in [6.45, 7) is -0.938. The fourth-order valence-corrected chi connectivity index (χ4v) is 0.721. The van der Waals surface area contributed by atoms with Crippen molar-refractivity contribution in [1.82, 2.24) is 5.32 Å². The first-order valence-electron chi connectivity index (χ1n) is 4.52. The minimum Gasteiger partial charge on any atom is -0.464 e. The van der Waals surface area contributed by atoms with Crippen LogP contribution in [0.3, 0.4) is 0 Å². The van der Waals surface area contributed by atoms with Gasteiger partial charge in [0, 0.05) is 0 Å². The van der Waals surface area contributed by atoms with Crippen LogP contribution in [0.5, 0.6) is 0 Å². The number of carbonyl (C=O) groups is 2. The summed E-state index contributed by atoms with van der Waals surface area (Å²) in [7, 11) is 0. The SMILES string of the molecule is CCOC(=O)C(N)C(=O)NCC(F)(F)CO. The van der Waals surface area contributed by atoms with Gasteiger partial charge in [-0.15, -0.1) is 0 Å². The minimum absolute atomic E-state index is 0.0343. The second-order valence-electron chi connectivity index (χ2n) is 2.96. The first-order chi connectivity index (χ1) is 7.34. The van der Waals surface area contributed by atoms with Gasteiger partial charge >= 0.3 is 5.97 Å². The van der Waals surface area contributed by atoms with Crippen molar-refractivity contribution in [1.29, 1.82) is 0 Å². The average molecular weight is 240 g/mol. The second-order valence-corrected chi connectivity index (χ2v) is 2.96. The molecule has 0 aliphatic rings. The minimum atomic E-state index is -3.44. The van der Waals surface area contributed by atoms with Crippen molar-refractivity contribution >= 4 is 11.9 Å². The number of aliphatic hydroxyl groups excluding tert-OH is 1. The molecule has 0 saturated heterocycles. The van der Waals surface area contributed by atoms with Crippen LogP contribution in [-0.4, -0.2) is 48.7 Å². The third-order valence-electron chi connectivity index (χ3n) is 1.58. The van der Waals surface area contributed by atoms with Crippen LogP contribution >= 0.6 is 0 Å². The van der Waals surface area contributed by atoms with E-state index < -0.39 is 37.0 Å². The summed E-state index contributed by atoms with van der Waals surface area (Å²) < 4.78 is 29.4. The van der Waals surface area contributed by atoms with Gasteiger partial charge in [-0.2, -0.15) is 0 Å². The molecule has 0 aromatic heterocycles. The fourth-order valence-electron chi connectivity index (χ4n) is 0.721. The van der Waals surface area contributed by atoms with E-state index in [1.807, 2.05) is 0 Å². The lowest BCUT2D eigenvalue weighted by atomic mass is 10.3. The molecule has 6 nitrogen and oxygen atoms in total. The summed E-state index contributed by atoms with van der Waals surface area (Å²) in [5.41, 5.74) is 5.12. The van der Waals surface area contributed by atoms with Crippen LogP contribution in [0.4, 0.5) is 8.78 Å². The van der Waals surface area contributed by atoms with E-state index in [0.29, 0.717) is 0 Å². The van der Waals surface area contributed by atoms with Gasteiger partial charge in [0.05, 0.1) is 13.2 Å². The van der Waals surface area contributed by atoms with Crippen molar-refractivity contribution in [3.05, 3.63) is 0 Å². The molecule has 0 saturated carbocycles. The zero-order valence-corrected chi connectivity index (χ0v) is 8.70. The van der Waals surface area contributed by atoms with E-state index in [9.17, 15) is 18.4 Å². The molecule has 1 unspecified atom stereocenters. The topological polar surface area (TPSA) is 102 Å². The maximum atomic E-state index is 12.5.